The number of rotatable bonds is 4. The maximum atomic E-state index is 13.0. The minimum absolute atomic E-state index is 0.172. The SMILES string of the molecule is C=C(C)C(=O)Nc1cc(C(F)(F)F)ccc1N(C)C1CCCCC1. The molecule has 0 spiro atoms. The van der Waals surface area contributed by atoms with Gasteiger partial charge in [0.1, 0.15) is 0 Å². The Morgan fingerprint density at radius 2 is 1.88 bits per heavy atom. The lowest BCUT2D eigenvalue weighted by atomic mass is 9.94. The number of carbonyl (C=O) groups is 1. The number of nitrogens with zero attached hydrogens (tertiary/aromatic N) is 1. The summed E-state index contributed by atoms with van der Waals surface area (Å²) in [7, 11) is 1.87. The van der Waals surface area contributed by atoms with Crippen LogP contribution in [0.4, 0.5) is 24.5 Å². The third-order valence-electron chi connectivity index (χ3n) is 4.46. The van der Waals surface area contributed by atoms with Crippen molar-refractivity contribution in [2.24, 2.45) is 0 Å². The first-order valence-electron chi connectivity index (χ1n) is 8.11. The molecular weight excluding hydrogens is 317 g/mol. The van der Waals surface area contributed by atoms with Gasteiger partial charge in [-0.15, -0.1) is 0 Å². The number of hydrogen-bond donors (Lipinski definition) is 1. The summed E-state index contributed by atoms with van der Waals surface area (Å²) in [6, 6.07) is 3.77. The lowest BCUT2D eigenvalue weighted by Crippen LogP contribution is -2.34. The Hall–Kier alpha value is -1.98. The Balaban J connectivity index is 2.37. The van der Waals surface area contributed by atoms with Crippen molar-refractivity contribution in [3.05, 3.63) is 35.9 Å². The predicted molar refractivity (Wildman–Crippen MR) is 90.2 cm³/mol. The van der Waals surface area contributed by atoms with Gasteiger partial charge in [0.25, 0.3) is 5.91 Å². The van der Waals surface area contributed by atoms with Gasteiger partial charge in [0, 0.05) is 18.7 Å². The van der Waals surface area contributed by atoms with Crippen LogP contribution in [0.2, 0.25) is 0 Å². The molecule has 2 rings (SSSR count). The summed E-state index contributed by atoms with van der Waals surface area (Å²) in [5.74, 6) is -0.479. The number of carbonyl (C=O) groups excluding carboxylic acids is 1. The van der Waals surface area contributed by atoms with E-state index in [4.69, 9.17) is 0 Å². The van der Waals surface area contributed by atoms with Gasteiger partial charge in [-0.2, -0.15) is 13.2 Å². The summed E-state index contributed by atoms with van der Waals surface area (Å²) in [4.78, 5) is 13.9. The minimum Gasteiger partial charge on any atom is -0.370 e. The van der Waals surface area contributed by atoms with Crippen LogP contribution < -0.4 is 10.2 Å². The maximum absolute atomic E-state index is 13.0. The Labute approximate surface area is 140 Å². The number of alkyl halides is 3. The highest BCUT2D eigenvalue weighted by Crippen LogP contribution is 2.37. The monoisotopic (exact) mass is 340 g/mol. The Bertz CT molecular complexity index is 619. The topological polar surface area (TPSA) is 32.3 Å². The van der Waals surface area contributed by atoms with Crippen LogP contribution in [0.5, 0.6) is 0 Å². The van der Waals surface area contributed by atoms with E-state index in [-0.39, 0.29) is 17.3 Å². The second-order valence-corrected chi connectivity index (χ2v) is 6.37. The molecule has 0 radical (unpaired) electrons. The van der Waals surface area contributed by atoms with E-state index in [9.17, 15) is 18.0 Å². The molecule has 6 heteroatoms. The normalized spacial score (nSPS) is 15.9. The highest BCUT2D eigenvalue weighted by atomic mass is 19.4. The van der Waals surface area contributed by atoms with Crippen LogP contribution in [-0.4, -0.2) is 19.0 Å². The molecule has 0 saturated heterocycles. The molecule has 1 amide bonds. The van der Waals surface area contributed by atoms with Crippen LogP contribution in [0.15, 0.2) is 30.4 Å². The van der Waals surface area contributed by atoms with Crippen molar-refractivity contribution in [2.45, 2.75) is 51.2 Å². The second-order valence-electron chi connectivity index (χ2n) is 6.37. The van der Waals surface area contributed by atoms with Crippen LogP contribution in [-0.2, 0) is 11.0 Å². The van der Waals surface area contributed by atoms with Gasteiger partial charge >= 0.3 is 6.18 Å². The summed E-state index contributed by atoms with van der Waals surface area (Å²) in [6.45, 7) is 5.06. The van der Waals surface area contributed by atoms with E-state index < -0.39 is 17.6 Å². The van der Waals surface area contributed by atoms with E-state index in [0.717, 1.165) is 37.8 Å². The molecule has 0 atom stereocenters. The molecule has 1 aliphatic carbocycles. The molecule has 0 unspecified atom stereocenters. The average molecular weight is 340 g/mol. The molecule has 132 valence electrons. The first-order chi connectivity index (χ1) is 11.2. The molecule has 1 aliphatic rings. The van der Waals surface area contributed by atoms with Crippen LogP contribution in [0.25, 0.3) is 0 Å². The lowest BCUT2D eigenvalue weighted by molar-refractivity contribution is -0.137. The van der Waals surface area contributed by atoms with Crippen LogP contribution in [0.1, 0.15) is 44.6 Å². The average Bonchev–Trinajstić information content (AvgIpc) is 2.54. The Morgan fingerprint density at radius 3 is 2.42 bits per heavy atom. The molecule has 0 aliphatic heterocycles. The Morgan fingerprint density at radius 1 is 1.25 bits per heavy atom. The van der Waals surface area contributed by atoms with Crippen molar-refractivity contribution in [1.82, 2.24) is 0 Å². The molecule has 0 bridgehead atoms. The van der Waals surface area contributed by atoms with Crippen molar-refractivity contribution in [1.29, 1.82) is 0 Å². The molecule has 24 heavy (non-hydrogen) atoms. The van der Waals surface area contributed by atoms with Gasteiger partial charge in [0.05, 0.1) is 16.9 Å². The molecule has 0 heterocycles. The van der Waals surface area contributed by atoms with Gasteiger partial charge in [0.15, 0.2) is 0 Å². The van der Waals surface area contributed by atoms with E-state index in [0.29, 0.717) is 5.69 Å². The first kappa shape index (κ1) is 18.4. The minimum atomic E-state index is -4.45. The number of benzene rings is 1. The molecular formula is C18H23F3N2O. The Kier molecular flexibility index (Phi) is 5.57. The van der Waals surface area contributed by atoms with Gasteiger partial charge in [-0.05, 0) is 38.0 Å². The number of anilines is 2. The fourth-order valence-corrected chi connectivity index (χ4v) is 3.01. The maximum Gasteiger partial charge on any atom is 0.416 e. The predicted octanol–water partition coefficient (Wildman–Crippen LogP) is 4.99. The van der Waals surface area contributed by atoms with Gasteiger partial charge in [-0.25, -0.2) is 0 Å². The quantitative estimate of drug-likeness (QED) is 0.783. The van der Waals surface area contributed by atoms with Gasteiger partial charge in [0.2, 0.25) is 0 Å². The summed E-state index contributed by atoms with van der Waals surface area (Å²) >= 11 is 0. The zero-order valence-electron chi connectivity index (χ0n) is 14.0. The molecule has 1 aromatic carbocycles. The first-order valence-corrected chi connectivity index (χ1v) is 8.11. The highest BCUT2D eigenvalue weighted by Gasteiger charge is 2.32. The molecule has 3 nitrogen and oxygen atoms in total. The zero-order chi connectivity index (χ0) is 17.9. The smallest absolute Gasteiger partial charge is 0.370 e. The lowest BCUT2D eigenvalue weighted by Gasteiger charge is -2.34. The van der Waals surface area contributed by atoms with Gasteiger partial charge in [-0.1, -0.05) is 25.8 Å². The van der Waals surface area contributed by atoms with E-state index in [2.05, 4.69) is 11.9 Å². The summed E-state index contributed by atoms with van der Waals surface area (Å²) in [6.07, 6.45) is 0.976. The summed E-state index contributed by atoms with van der Waals surface area (Å²) < 4.78 is 39.0. The van der Waals surface area contributed by atoms with E-state index in [1.165, 1.54) is 19.4 Å². The zero-order valence-corrected chi connectivity index (χ0v) is 14.0. The number of amides is 1. The third kappa shape index (κ3) is 4.30. The largest absolute Gasteiger partial charge is 0.416 e. The molecule has 1 N–H and O–H groups in total. The standard InChI is InChI=1S/C18H23F3N2O/c1-12(2)17(24)22-15-11-13(18(19,20)21)9-10-16(15)23(3)14-7-5-4-6-8-14/h9-11,14H,1,4-8H2,2-3H3,(H,22,24). The number of nitrogens with one attached hydrogen (secondary N) is 1. The molecule has 1 saturated carbocycles. The second kappa shape index (κ2) is 7.28. The van der Waals surface area contributed by atoms with Crippen LogP contribution in [0, 0.1) is 0 Å². The fourth-order valence-electron chi connectivity index (χ4n) is 3.01. The van der Waals surface area contributed by atoms with Crippen molar-refractivity contribution in [3.8, 4) is 0 Å². The van der Waals surface area contributed by atoms with Gasteiger partial charge in [-0.3, -0.25) is 4.79 Å². The fraction of sp³-hybridized carbons (Fsp3) is 0.500. The van der Waals surface area contributed by atoms with Crippen LogP contribution in [0.3, 0.4) is 0 Å². The van der Waals surface area contributed by atoms with Crippen molar-refractivity contribution >= 4 is 17.3 Å². The molecule has 1 fully saturated rings. The summed E-state index contributed by atoms with van der Waals surface area (Å²) in [5.41, 5.74) is 0.245. The van der Waals surface area contributed by atoms with E-state index in [1.807, 2.05) is 11.9 Å². The third-order valence-corrected chi connectivity index (χ3v) is 4.46. The number of halogens is 3. The van der Waals surface area contributed by atoms with E-state index in [1.54, 1.807) is 0 Å². The van der Waals surface area contributed by atoms with Crippen LogP contribution >= 0.6 is 0 Å². The van der Waals surface area contributed by atoms with Crippen molar-refractivity contribution in [2.75, 3.05) is 17.3 Å². The van der Waals surface area contributed by atoms with Crippen molar-refractivity contribution in [3.63, 3.8) is 0 Å². The molecule has 0 aromatic heterocycles. The summed E-state index contributed by atoms with van der Waals surface area (Å²) in [5, 5.41) is 2.56. The van der Waals surface area contributed by atoms with Crippen molar-refractivity contribution < 1.29 is 18.0 Å². The number of hydrogen-bond acceptors (Lipinski definition) is 2. The van der Waals surface area contributed by atoms with E-state index >= 15 is 0 Å². The van der Waals surface area contributed by atoms with Gasteiger partial charge < -0.3 is 10.2 Å². The molecule has 1 aromatic rings. The highest BCUT2D eigenvalue weighted by molar-refractivity contribution is 6.04.